The maximum Gasteiger partial charge on any atom is 0.416 e. The Balaban J connectivity index is 3.39. The van der Waals surface area contributed by atoms with Crippen molar-refractivity contribution in [3.63, 3.8) is 0 Å². The molecular formula is C10H12F3NO3S. The summed E-state index contributed by atoms with van der Waals surface area (Å²) >= 11 is 0. The van der Waals surface area contributed by atoms with Crippen LogP contribution in [0.15, 0.2) is 23.1 Å². The number of alkyl halides is 3. The van der Waals surface area contributed by atoms with Crippen LogP contribution in [0.25, 0.3) is 0 Å². The van der Waals surface area contributed by atoms with Gasteiger partial charge in [-0.05, 0) is 37.1 Å². The monoisotopic (exact) mass is 283 g/mol. The molecule has 8 heteroatoms. The van der Waals surface area contributed by atoms with Crippen LogP contribution in [-0.4, -0.2) is 19.6 Å². The van der Waals surface area contributed by atoms with E-state index in [4.69, 9.17) is 10.2 Å². The highest BCUT2D eigenvalue weighted by Crippen LogP contribution is 2.31. The van der Waals surface area contributed by atoms with E-state index in [1.807, 2.05) is 0 Å². The highest BCUT2D eigenvalue weighted by molar-refractivity contribution is 7.89. The molecule has 0 aliphatic rings. The van der Waals surface area contributed by atoms with Crippen molar-refractivity contribution in [1.82, 2.24) is 0 Å². The molecule has 0 bridgehead atoms. The summed E-state index contributed by atoms with van der Waals surface area (Å²) in [5, 5.41) is 13.9. The van der Waals surface area contributed by atoms with Crippen LogP contribution in [0, 0.1) is 0 Å². The van der Waals surface area contributed by atoms with Gasteiger partial charge in [-0.2, -0.15) is 13.2 Å². The molecule has 0 saturated heterocycles. The van der Waals surface area contributed by atoms with Gasteiger partial charge >= 0.3 is 6.18 Å². The minimum atomic E-state index is -4.67. The largest absolute Gasteiger partial charge is 0.416 e. The van der Waals surface area contributed by atoms with Crippen LogP contribution in [0.1, 0.15) is 18.1 Å². The summed E-state index contributed by atoms with van der Waals surface area (Å²) in [5.74, 6) is 0. The zero-order valence-corrected chi connectivity index (χ0v) is 10.2. The normalized spacial score (nSPS) is 14.6. The standard InChI is InChI=1S/C10H12F3NO3S/c1-6(15)2-7-3-8(10(11,12)13)5-9(4-7)18(14,16)17/h3-6,15H,2H2,1H3,(H2,14,16,17)/t6-/m0/s1. The van der Waals surface area contributed by atoms with E-state index in [0.29, 0.717) is 6.07 Å². The number of aliphatic hydroxyl groups excluding tert-OH is 1. The van der Waals surface area contributed by atoms with E-state index < -0.39 is 32.8 Å². The Morgan fingerprint density at radius 2 is 1.89 bits per heavy atom. The average Bonchev–Trinajstić information content (AvgIpc) is 2.13. The van der Waals surface area contributed by atoms with E-state index in [0.717, 1.165) is 12.1 Å². The Morgan fingerprint density at radius 1 is 1.33 bits per heavy atom. The SMILES string of the molecule is C[C@H](O)Cc1cc(C(F)(F)F)cc(S(N)(=O)=O)c1. The van der Waals surface area contributed by atoms with Gasteiger partial charge in [0.2, 0.25) is 10.0 Å². The Hall–Kier alpha value is -1.12. The van der Waals surface area contributed by atoms with Crippen LogP contribution >= 0.6 is 0 Å². The fourth-order valence-corrected chi connectivity index (χ4v) is 2.05. The molecule has 0 amide bonds. The second kappa shape index (κ2) is 4.87. The quantitative estimate of drug-likeness (QED) is 0.876. The first kappa shape index (κ1) is 14.9. The van der Waals surface area contributed by atoms with Crippen molar-refractivity contribution < 1.29 is 26.7 Å². The van der Waals surface area contributed by atoms with E-state index in [9.17, 15) is 21.6 Å². The zero-order chi connectivity index (χ0) is 14.1. The number of aliphatic hydroxyl groups is 1. The summed E-state index contributed by atoms with van der Waals surface area (Å²) in [6, 6.07) is 2.29. The number of hydrogen-bond acceptors (Lipinski definition) is 3. The summed E-state index contributed by atoms with van der Waals surface area (Å²) in [7, 11) is -4.23. The molecule has 18 heavy (non-hydrogen) atoms. The number of halogens is 3. The molecule has 3 N–H and O–H groups in total. The minimum absolute atomic E-state index is 0.0591. The summed E-state index contributed by atoms with van der Waals surface area (Å²) in [4.78, 5) is -0.618. The smallest absolute Gasteiger partial charge is 0.393 e. The van der Waals surface area contributed by atoms with Gasteiger partial charge in [-0.1, -0.05) is 0 Å². The maximum absolute atomic E-state index is 12.6. The highest BCUT2D eigenvalue weighted by atomic mass is 32.2. The van der Waals surface area contributed by atoms with E-state index in [1.54, 1.807) is 0 Å². The third-order valence-corrected chi connectivity index (χ3v) is 3.05. The molecule has 1 aromatic rings. The van der Waals surface area contributed by atoms with Gasteiger partial charge in [0.15, 0.2) is 0 Å². The molecule has 0 saturated carbocycles. The Bertz CT molecular complexity index is 538. The fraction of sp³-hybridized carbons (Fsp3) is 0.400. The summed E-state index contributed by atoms with van der Waals surface area (Å²) < 4.78 is 59.9. The van der Waals surface area contributed by atoms with Gasteiger partial charge < -0.3 is 5.11 Å². The Morgan fingerprint density at radius 3 is 2.28 bits per heavy atom. The lowest BCUT2D eigenvalue weighted by atomic mass is 10.1. The van der Waals surface area contributed by atoms with Gasteiger partial charge in [-0.3, -0.25) is 0 Å². The number of primary sulfonamides is 1. The first-order valence-corrected chi connectivity index (χ1v) is 6.47. The molecule has 0 aliphatic carbocycles. The van der Waals surface area contributed by atoms with Crippen LogP contribution in [0.4, 0.5) is 13.2 Å². The van der Waals surface area contributed by atoms with Crippen molar-refractivity contribution in [2.45, 2.75) is 30.5 Å². The number of sulfonamides is 1. The van der Waals surface area contributed by atoms with Crippen molar-refractivity contribution in [1.29, 1.82) is 0 Å². The van der Waals surface area contributed by atoms with Crippen LogP contribution in [-0.2, 0) is 22.6 Å². The first-order chi connectivity index (χ1) is 8.00. The lowest BCUT2D eigenvalue weighted by molar-refractivity contribution is -0.137. The molecule has 1 aromatic carbocycles. The molecule has 1 atom stereocenters. The lowest BCUT2D eigenvalue weighted by Crippen LogP contribution is -2.16. The van der Waals surface area contributed by atoms with E-state index in [2.05, 4.69) is 0 Å². The molecule has 1 rings (SSSR count). The predicted molar refractivity (Wildman–Crippen MR) is 58.2 cm³/mol. The van der Waals surface area contributed by atoms with Crippen LogP contribution in [0.3, 0.4) is 0 Å². The van der Waals surface area contributed by atoms with Crippen molar-refractivity contribution >= 4 is 10.0 Å². The lowest BCUT2D eigenvalue weighted by Gasteiger charge is -2.12. The first-order valence-electron chi connectivity index (χ1n) is 4.92. The number of benzene rings is 1. The molecule has 0 unspecified atom stereocenters. The van der Waals surface area contributed by atoms with Gasteiger partial charge in [-0.15, -0.1) is 0 Å². The van der Waals surface area contributed by atoms with Gasteiger partial charge in [0.25, 0.3) is 0 Å². The van der Waals surface area contributed by atoms with Crippen molar-refractivity contribution in [3.05, 3.63) is 29.3 Å². The summed E-state index contributed by atoms with van der Waals surface area (Å²) in [5.41, 5.74) is -1.05. The molecule has 0 fully saturated rings. The number of nitrogens with two attached hydrogens (primary N) is 1. The van der Waals surface area contributed by atoms with E-state index in [1.165, 1.54) is 6.92 Å². The Kier molecular flexibility index (Phi) is 4.04. The molecule has 102 valence electrons. The second-order valence-electron chi connectivity index (χ2n) is 3.96. The predicted octanol–water partition coefficient (Wildman–Crippen LogP) is 1.28. The average molecular weight is 283 g/mol. The van der Waals surface area contributed by atoms with Gasteiger partial charge in [-0.25, -0.2) is 13.6 Å². The maximum atomic E-state index is 12.6. The molecule has 4 nitrogen and oxygen atoms in total. The Labute approximate surface area is 102 Å². The molecule has 0 radical (unpaired) electrons. The molecule has 0 aromatic heterocycles. The zero-order valence-electron chi connectivity index (χ0n) is 9.40. The van der Waals surface area contributed by atoms with Gasteiger partial charge in [0.05, 0.1) is 16.6 Å². The van der Waals surface area contributed by atoms with Crippen LogP contribution < -0.4 is 5.14 Å². The van der Waals surface area contributed by atoms with Crippen LogP contribution in [0.5, 0.6) is 0 Å². The number of hydrogen-bond donors (Lipinski definition) is 2. The van der Waals surface area contributed by atoms with Crippen LogP contribution in [0.2, 0.25) is 0 Å². The van der Waals surface area contributed by atoms with E-state index in [-0.39, 0.29) is 12.0 Å². The molecule has 0 heterocycles. The van der Waals surface area contributed by atoms with Crippen molar-refractivity contribution in [2.75, 3.05) is 0 Å². The van der Waals surface area contributed by atoms with Crippen molar-refractivity contribution in [3.8, 4) is 0 Å². The molecule has 0 aliphatic heterocycles. The van der Waals surface area contributed by atoms with Gasteiger partial charge in [0, 0.05) is 0 Å². The third-order valence-electron chi connectivity index (χ3n) is 2.15. The fourth-order valence-electron chi connectivity index (χ4n) is 1.45. The van der Waals surface area contributed by atoms with E-state index >= 15 is 0 Å². The summed E-state index contributed by atoms with van der Waals surface area (Å²) in [6.07, 6.45) is -5.65. The molecular weight excluding hydrogens is 271 g/mol. The van der Waals surface area contributed by atoms with Crippen molar-refractivity contribution in [2.24, 2.45) is 5.14 Å². The number of rotatable bonds is 3. The minimum Gasteiger partial charge on any atom is -0.393 e. The highest BCUT2D eigenvalue weighted by Gasteiger charge is 2.32. The topological polar surface area (TPSA) is 80.4 Å². The van der Waals surface area contributed by atoms with Gasteiger partial charge in [0.1, 0.15) is 0 Å². The third kappa shape index (κ3) is 3.97. The molecule has 0 spiro atoms. The second-order valence-corrected chi connectivity index (χ2v) is 5.52. The summed E-state index contributed by atoms with van der Waals surface area (Å²) in [6.45, 7) is 1.39.